The predicted octanol–water partition coefficient (Wildman–Crippen LogP) is 3.39. The van der Waals surface area contributed by atoms with Gasteiger partial charge in [-0.2, -0.15) is 4.98 Å². The highest BCUT2D eigenvalue weighted by atomic mass is 16.7. The third-order valence-corrected chi connectivity index (χ3v) is 11.3. The van der Waals surface area contributed by atoms with Gasteiger partial charge in [0.2, 0.25) is 17.5 Å². The van der Waals surface area contributed by atoms with Crippen LogP contribution in [0.5, 0.6) is 5.88 Å². The van der Waals surface area contributed by atoms with Crippen molar-refractivity contribution >= 4 is 16.9 Å². The molecule has 2 aromatic rings. The van der Waals surface area contributed by atoms with Crippen LogP contribution in [-0.2, 0) is 21.3 Å². The van der Waals surface area contributed by atoms with Gasteiger partial charge in [-0.15, -0.1) is 0 Å². The fraction of sp³-hybridized carbons (Fsp3) is 0.697. The molecule has 244 valence electrons. The number of imidazole rings is 1. The van der Waals surface area contributed by atoms with Gasteiger partial charge < -0.3 is 24.7 Å². The molecule has 0 radical (unpaired) electrons. The number of allylic oxidation sites excluding steroid dienone is 1. The second-order valence-corrected chi connectivity index (χ2v) is 13.5. The van der Waals surface area contributed by atoms with Crippen LogP contribution in [0.4, 0.5) is 0 Å². The summed E-state index contributed by atoms with van der Waals surface area (Å²) in [6.07, 6.45) is 9.67. The average Bonchev–Trinajstić information content (AvgIpc) is 3.85. The normalized spacial score (nSPS) is 31.0. The van der Waals surface area contributed by atoms with Crippen LogP contribution in [0, 0.1) is 5.41 Å². The number of hydrogen-bond donors (Lipinski definition) is 1. The first-order chi connectivity index (χ1) is 21.7. The van der Waals surface area contributed by atoms with E-state index in [1.54, 1.807) is 17.7 Å². The first-order valence-corrected chi connectivity index (χ1v) is 16.6. The number of rotatable bonds is 7. The van der Waals surface area contributed by atoms with E-state index in [1.807, 2.05) is 0 Å². The Hall–Kier alpha value is -3.06. The van der Waals surface area contributed by atoms with Gasteiger partial charge in [-0.1, -0.05) is 13.0 Å². The Balaban J connectivity index is 1.36. The Bertz CT molecular complexity index is 1580. The molecule has 3 saturated heterocycles. The monoisotopic (exact) mass is 622 g/mol. The molecule has 1 saturated carbocycles. The van der Waals surface area contributed by atoms with E-state index in [0.717, 1.165) is 51.4 Å². The average molecular weight is 623 g/mol. The van der Waals surface area contributed by atoms with Crippen molar-refractivity contribution in [1.82, 2.24) is 24.0 Å². The number of Topliss-reactive ketones (excluding diaryl/α,β-unsaturated/α-hetero) is 1. The quantitative estimate of drug-likeness (QED) is 0.362. The van der Waals surface area contributed by atoms with Gasteiger partial charge in [0, 0.05) is 37.4 Å². The van der Waals surface area contributed by atoms with E-state index in [-0.39, 0.29) is 35.3 Å². The van der Waals surface area contributed by atoms with E-state index in [9.17, 15) is 9.59 Å². The fourth-order valence-corrected chi connectivity index (χ4v) is 8.67. The molecule has 3 aliphatic heterocycles. The van der Waals surface area contributed by atoms with Crippen LogP contribution >= 0.6 is 0 Å². The third-order valence-electron chi connectivity index (χ3n) is 11.3. The minimum Gasteiger partial charge on any atom is -0.467 e. The molecule has 2 N–H and O–H groups in total. The molecule has 12 heteroatoms. The van der Waals surface area contributed by atoms with E-state index < -0.39 is 17.3 Å². The van der Waals surface area contributed by atoms with Crippen LogP contribution in [0.1, 0.15) is 87.8 Å². The lowest BCUT2D eigenvalue weighted by Gasteiger charge is -2.52. The molecule has 12 nitrogen and oxygen atoms in total. The van der Waals surface area contributed by atoms with E-state index in [0.29, 0.717) is 67.7 Å². The van der Waals surface area contributed by atoms with E-state index in [2.05, 4.69) is 25.5 Å². The number of likely N-dealkylation sites (N-methyl/N-ethyl adjacent to an activating group) is 1. The van der Waals surface area contributed by atoms with E-state index in [1.165, 1.54) is 4.57 Å². The van der Waals surface area contributed by atoms with Gasteiger partial charge in [-0.25, -0.2) is 9.78 Å². The highest BCUT2D eigenvalue weighted by molar-refractivity contribution is 6.07. The summed E-state index contributed by atoms with van der Waals surface area (Å²) < 4.78 is 28.0. The highest BCUT2D eigenvalue weighted by Gasteiger charge is 2.60. The van der Waals surface area contributed by atoms with Crippen molar-refractivity contribution in [3.05, 3.63) is 40.2 Å². The van der Waals surface area contributed by atoms with Gasteiger partial charge in [0.1, 0.15) is 6.10 Å². The number of nitrogens with two attached hydrogens (primary N) is 1. The molecule has 7 rings (SSSR count). The Morgan fingerprint density at radius 2 is 1.84 bits per heavy atom. The van der Waals surface area contributed by atoms with Gasteiger partial charge in [-0.05, 0) is 71.4 Å². The topological polar surface area (TPSA) is 136 Å². The lowest BCUT2D eigenvalue weighted by atomic mass is 9.61. The Kier molecular flexibility index (Phi) is 7.90. The van der Waals surface area contributed by atoms with Crippen LogP contribution < -0.4 is 16.2 Å². The maximum Gasteiger partial charge on any atom is 0.330 e. The van der Waals surface area contributed by atoms with Crippen LogP contribution in [-0.4, -0.2) is 87.2 Å². The zero-order chi connectivity index (χ0) is 31.5. The highest BCUT2D eigenvalue weighted by Crippen LogP contribution is 2.57. The summed E-state index contributed by atoms with van der Waals surface area (Å²) in [5.74, 6) is -0.978. The van der Waals surface area contributed by atoms with Gasteiger partial charge in [0.15, 0.2) is 17.0 Å². The minimum absolute atomic E-state index is 0.0279. The summed E-state index contributed by atoms with van der Waals surface area (Å²) in [6, 6.07) is 0.278. The Morgan fingerprint density at radius 3 is 2.53 bits per heavy atom. The number of ketones is 1. The van der Waals surface area contributed by atoms with Crippen LogP contribution in [0.2, 0.25) is 0 Å². The Morgan fingerprint density at radius 1 is 1.09 bits per heavy atom. The van der Waals surface area contributed by atoms with Crippen molar-refractivity contribution in [2.24, 2.45) is 18.2 Å². The van der Waals surface area contributed by atoms with Crippen molar-refractivity contribution in [3.8, 4) is 5.88 Å². The first-order valence-electron chi connectivity index (χ1n) is 16.6. The zero-order valence-corrected chi connectivity index (χ0v) is 26.8. The molecule has 2 spiro atoms. The molecule has 4 fully saturated rings. The first kappa shape index (κ1) is 30.6. The molecule has 45 heavy (non-hydrogen) atoms. The molecule has 0 amide bonds. The molecular formula is C33H46N6O6. The van der Waals surface area contributed by atoms with Crippen molar-refractivity contribution in [2.45, 2.75) is 101 Å². The standard InChI is InChI=1S/C33H46N6O6/c1-5-24(23-11-10-20(2)37(23)3)45-30-25-29(39(31(41)38(25)4)21-12-16-42-19-21)35-28(36-30)26(40)22-9-8-14-32(27(22)34)13-6-7-15-33(32)43-17-18-44-33/h5,20-21,23-24H,1,6-19,34H2,2-4H3/t20-,21+,23-,24-,32-/m0/s1. The molecular weight excluding hydrogens is 576 g/mol. The smallest absolute Gasteiger partial charge is 0.330 e. The number of ether oxygens (including phenoxy) is 4. The number of nitrogens with zero attached hydrogens (tertiary/aromatic N) is 5. The van der Waals surface area contributed by atoms with Crippen molar-refractivity contribution in [2.75, 3.05) is 33.5 Å². The predicted molar refractivity (Wildman–Crippen MR) is 167 cm³/mol. The second kappa shape index (κ2) is 11.6. The van der Waals surface area contributed by atoms with Gasteiger partial charge in [0.25, 0.3) is 0 Å². The van der Waals surface area contributed by atoms with Crippen LogP contribution in [0.15, 0.2) is 28.7 Å². The molecule has 5 atom stereocenters. The Labute approximate surface area is 263 Å². The van der Waals surface area contributed by atoms with E-state index >= 15 is 0 Å². The van der Waals surface area contributed by atoms with E-state index in [4.69, 9.17) is 34.6 Å². The van der Waals surface area contributed by atoms with Gasteiger partial charge in [0.05, 0.1) is 37.3 Å². The summed E-state index contributed by atoms with van der Waals surface area (Å²) in [5.41, 5.74) is 8.06. The van der Waals surface area contributed by atoms with Crippen LogP contribution in [0.3, 0.4) is 0 Å². The number of carbonyl (C=O) groups is 1. The van der Waals surface area contributed by atoms with Gasteiger partial charge in [-0.3, -0.25) is 18.8 Å². The largest absolute Gasteiger partial charge is 0.467 e. The number of fused-ring (bicyclic) bond motifs is 2. The molecule has 5 heterocycles. The molecule has 5 aliphatic rings. The number of likely N-dealkylation sites (tertiary alicyclic amines) is 1. The van der Waals surface area contributed by atoms with Crippen LogP contribution in [0.25, 0.3) is 11.2 Å². The SMILES string of the molecule is C=C[C@H](Oc1nc(C(=O)C2=C(N)[C@]3(CCCCC34OCCO4)CCC2)nc2c1n(C)c(=O)n2[C@@H]1CCOC1)[C@@H]1CC[C@H](C)N1C. The second-order valence-electron chi connectivity index (χ2n) is 13.5. The molecule has 0 unspecified atom stereocenters. The number of hydrogen-bond acceptors (Lipinski definition) is 10. The number of carbonyl (C=O) groups excluding carboxylic acids is 1. The van der Waals surface area contributed by atoms with Crippen molar-refractivity contribution < 1.29 is 23.7 Å². The lowest BCUT2D eigenvalue weighted by Crippen LogP contribution is -2.56. The number of aromatic nitrogens is 4. The maximum absolute atomic E-state index is 14.5. The summed E-state index contributed by atoms with van der Waals surface area (Å²) in [5, 5.41) is 0. The zero-order valence-electron chi connectivity index (χ0n) is 26.8. The fourth-order valence-electron chi connectivity index (χ4n) is 8.67. The molecule has 2 aromatic heterocycles. The summed E-state index contributed by atoms with van der Waals surface area (Å²) in [4.78, 5) is 40.1. The summed E-state index contributed by atoms with van der Waals surface area (Å²) >= 11 is 0. The summed E-state index contributed by atoms with van der Waals surface area (Å²) in [7, 11) is 3.78. The lowest BCUT2D eigenvalue weighted by molar-refractivity contribution is -0.248. The van der Waals surface area contributed by atoms with Gasteiger partial charge >= 0.3 is 5.69 Å². The van der Waals surface area contributed by atoms with Crippen molar-refractivity contribution in [1.29, 1.82) is 0 Å². The maximum atomic E-state index is 14.5. The molecule has 0 aromatic carbocycles. The number of aryl methyl sites for hydroxylation is 1. The molecule has 2 aliphatic carbocycles. The summed E-state index contributed by atoms with van der Waals surface area (Å²) in [6.45, 7) is 8.26. The minimum atomic E-state index is -0.801. The molecule has 0 bridgehead atoms. The van der Waals surface area contributed by atoms with Crippen molar-refractivity contribution in [3.63, 3.8) is 0 Å². The third kappa shape index (κ3) is 4.70.